The van der Waals surface area contributed by atoms with Crippen molar-refractivity contribution in [3.05, 3.63) is 0 Å². The van der Waals surface area contributed by atoms with Crippen LogP contribution in [0.1, 0.15) is 66.2 Å². The number of carbonyl (C=O) groups excluding carboxylic acids is 1. The van der Waals surface area contributed by atoms with Crippen molar-refractivity contribution in [1.29, 1.82) is 0 Å². The summed E-state index contributed by atoms with van der Waals surface area (Å²) in [6, 6.07) is 0.368. The van der Waals surface area contributed by atoms with Gasteiger partial charge in [0.15, 0.2) is 0 Å². The summed E-state index contributed by atoms with van der Waals surface area (Å²) in [5.74, 6) is 0.159. The van der Waals surface area contributed by atoms with Crippen molar-refractivity contribution in [1.82, 2.24) is 5.32 Å². The van der Waals surface area contributed by atoms with Gasteiger partial charge >= 0.3 is 0 Å². The number of amides is 1. The zero-order valence-corrected chi connectivity index (χ0v) is 11.8. The molecule has 1 amide bonds. The molecule has 1 atom stereocenters. The van der Waals surface area contributed by atoms with Crippen LogP contribution in [0.5, 0.6) is 0 Å². The van der Waals surface area contributed by atoms with E-state index in [1.165, 1.54) is 12.8 Å². The smallest absolute Gasteiger partial charge is 0.220 e. The summed E-state index contributed by atoms with van der Waals surface area (Å²) in [5, 5.41) is 3.15. The minimum Gasteiger partial charge on any atom is -0.353 e. The minimum atomic E-state index is -0.247. The molecule has 3 heteroatoms. The zero-order chi connectivity index (χ0) is 13.1. The molecular formula is C14H28N2O. The first-order valence-electron chi connectivity index (χ1n) is 6.76. The van der Waals surface area contributed by atoms with E-state index in [1.54, 1.807) is 0 Å². The third-order valence-electron chi connectivity index (χ3n) is 3.57. The van der Waals surface area contributed by atoms with Crippen LogP contribution >= 0.6 is 0 Å². The zero-order valence-electron chi connectivity index (χ0n) is 11.8. The molecule has 17 heavy (non-hydrogen) atoms. The molecule has 3 nitrogen and oxygen atoms in total. The Balaban J connectivity index is 2.31. The lowest BCUT2D eigenvalue weighted by Gasteiger charge is -2.35. The van der Waals surface area contributed by atoms with Crippen LogP contribution in [-0.4, -0.2) is 17.5 Å². The number of nitrogens with one attached hydrogen (secondary N) is 1. The lowest BCUT2D eigenvalue weighted by molar-refractivity contribution is -0.122. The van der Waals surface area contributed by atoms with Gasteiger partial charge in [0.25, 0.3) is 0 Å². The van der Waals surface area contributed by atoms with Gasteiger partial charge in [0.2, 0.25) is 5.91 Å². The topological polar surface area (TPSA) is 55.1 Å². The van der Waals surface area contributed by atoms with Crippen LogP contribution in [0.15, 0.2) is 0 Å². The van der Waals surface area contributed by atoms with Gasteiger partial charge in [-0.1, -0.05) is 20.3 Å². The molecule has 0 aromatic heterocycles. The maximum absolute atomic E-state index is 11.8. The van der Waals surface area contributed by atoms with Crippen LogP contribution in [0.25, 0.3) is 0 Å². The fourth-order valence-corrected chi connectivity index (χ4v) is 2.56. The average molecular weight is 240 g/mol. The van der Waals surface area contributed by atoms with Crippen molar-refractivity contribution in [3.8, 4) is 0 Å². The van der Waals surface area contributed by atoms with E-state index in [2.05, 4.69) is 19.2 Å². The summed E-state index contributed by atoms with van der Waals surface area (Å²) in [4.78, 5) is 11.8. The van der Waals surface area contributed by atoms with Gasteiger partial charge in [-0.15, -0.1) is 0 Å². The van der Waals surface area contributed by atoms with E-state index >= 15 is 0 Å². The summed E-state index contributed by atoms with van der Waals surface area (Å²) in [6.07, 6.45) is 6.01. The van der Waals surface area contributed by atoms with Crippen LogP contribution < -0.4 is 11.1 Å². The molecule has 0 heterocycles. The molecule has 1 unspecified atom stereocenters. The Kier molecular flexibility index (Phi) is 4.59. The molecule has 0 bridgehead atoms. The molecule has 1 fully saturated rings. The van der Waals surface area contributed by atoms with E-state index in [4.69, 9.17) is 5.73 Å². The molecule has 1 rings (SSSR count). The minimum absolute atomic E-state index is 0.159. The number of hydrogen-bond donors (Lipinski definition) is 2. The largest absolute Gasteiger partial charge is 0.353 e. The predicted molar refractivity (Wildman–Crippen MR) is 71.7 cm³/mol. The van der Waals surface area contributed by atoms with Gasteiger partial charge in [0.05, 0.1) is 0 Å². The van der Waals surface area contributed by atoms with E-state index in [0.29, 0.717) is 17.9 Å². The third-order valence-corrected chi connectivity index (χ3v) is 3.57. The van der Waals surface area contributed by atoms with Crippen LogP contribution in [0.3, 0.4) is 0 Å². The summed E-state index contributed by atoms with van der Waals surface area (Å²) in [7, 11) is 0. The Morgan fingerprint density at radius 2 is 2.12 bits per heavy atom. The Bertz CT molecular complexity index is 266. The predicted octanol–water partition coefficient (Wildman–Crippen LogP) is 2.59. The fourth-order valence-electron chi connectivity index (χ4n) is 2.56. The SMILES string of the molecule is CC(C)(N)CCC(=O)NC1CCCC(C)(C)C1. The van der Waals surface area contributed by atoms with E-state index in [-0.39, 0.29) is 11.4 Å². The monoisotopic (exact) mass is 240 g/mol. The Labute approximate surface area is 106 Å². The van der Waals surface area contributed by atoms with E-state index in [9.17, 15) is 4.79 Å². The highest BCUT2D eigenvalue weighted by atomic mass is 16.1. The molecule has 1 aliphatic rings. The summed E-state index contributed by atoms with van der Waals surface area (Å²) in [5.41, 5.74) is 6.01. The normalized spacial score (nSPS) is 24.4. The van der Waals surface area contributed by atoms with Crippen LogP contribution in [0, 0.1) is 5.41 Å². The first-order chi connectivity index (χ1) is 7.68. The molecule has 0 radical (unpaired) electrons. The molecule has 0 spiro atoms. The maximum Gasteiger partial charge on any atom is 0.220 e. The fraction of sp³-hybridized carbons (Fsp3) is 0.929. The molecule has 100 valence electrons. The van der Waals surface area contributed by atoms with Crippen LogP contribution in [0.2, 0.25) is 0 Å². The first kappa shape index (κ1) is 14.5. The van der Waals surface area contributed by atoms with Gasteiger partial charge < -0.3 is 11.1 Å². The second-order valence-corrected chi connectivity index (χ2v) is 7.01. The third kappa shape index (κ3) is 6.06. The molecule has 1 aliphatic carbocycles. The van der Waals surface area contributed by atoms with Crippen LogP contribution in [0.4, 0.5) is 0 Å². The molecule has 3 N–H and O–H groups in total. The van der Waals surface area contributed by atoms with E-state index < -0.39 is 0 Å². The van der Waals surface area contributed by atoms with Crippen molar-refractivity contribution < 1.29 is 4.79 Å². The quantitative estimate of drug-likeness (QED) is 0.793. The molecule has 1 saturated carbocycles. The Hall–Kier alpha value is -0.570. The number of nitrogens with two attached hydrogens (primary N) is 1. The van der Waals surface area contributed by atoms with Gasteiger partial charge in [-0.3, -0.25) is 4.79 Å². The summed E-state index contributed by atoms with van der Waals surface area (Å²) >= 11 is 0. The van der Waals surface area contributed by atoms with Crippen molar-refractivity contribution in [2.45, 2.75) is 77.8 Å². The van der Waals surface area contributed by atoms with Gasteiger partial charge in [-0.05, 0) is 44.9 Å². The summed E-state index contributed by atoms with van der Waals surface area (Å²) in [6.45, 7) is 8.50. The number of hydrogen-bond acceptors (Lipinski definition) is 2. The summed E-state index contributed by atoms with van der Waals surface area (Å²) < 4.78 is 0. The number of rotatable bonds is 4. The first-order valence-corrected chi connectivity index (χ1v) is 6.76. The molecule has 0 saturated heterocycles. The van der Waals surface area contributed by atoms with E-state index in [1.807, 2.05) is 13.8 Å². The average Bonchev–Trinajstić information content (AvgIpc) is 2.12. The highest BCUT2D eigenvalue weighted by Gasteiger charge is 2.28. The van der Waals surface area contributed by atoms with Gasteiger partial charge in [0.1, 0.15) is 0 Å². The molecule has 0 aliphatic heterocycles. The lowest BCUT2D eigenvalue weighted by Crippen LogP contribution is -2.41. The molecule has 0 aromatic rings. The van der Waals surface area contributed by atoms with Gasteiger partial charge in [0, 0.05) is 18.0 Å². The van der Waals surface area contributed by atoms with Crippen molar-refractivity contribution in [2.75, 3.05) is 0 Å². The van der Waals surface area contributed by atoms with Gasteiger partial charge in [-0.2, -0.15) is 0 Å². The lowest BCUT2D eigenvalue weighted by atomic mass is 9.75. The maximum atomic E-state index is 11.8. The molecule has 0 aromatic carbocycles. The second kappa shape index (κ2) is 5.38. The molecular weight excluding hydrogens is 212 g/mol. The van der Waals surface area contributed by atoms with Gasteiger partial charge in [-0.25, -0.2) is 0 Å². The number of carbonyl (C=O) groups is 1. The second-order valence-electron chi connectivity index (χ2n) is 7.01. The van der Waals surface area contributed by atoms with Crippen molar-refractivity contribution in [2.24, 2.45) is 11.1 Å². The van der Waals surface area contributed by atoms with Crippen LogP contribution in [-0.2, 0) is 4.79 Å². The highest BCUT2D eigenvalue weighted by molar-refractivity contribution is 5.76. The standard InChI is InChI=1S/C14H28N2O/c1-13(2)8-5-6-11(10-13)16-12(17)7-9-14(3,4)15/h11H,5-10,15H2,1-4H3,(H,16,17). The Morgan fingerprint density at radius 3 is 2.65 bits per heavy atom. The van der Waals surface area contributed by atoms with Crippen molar-refractivity contribution in [3.63, 3.8) is 0 Å². The van der Waals surface area contributed by atoms with E-state index in [0.717, 1.165) is 19.3 Å². The highest BCUT2D eigenvalue weighted by Crippen LogP contribution is 2.35. The van der Waals surface area contributed by atoms with Crippen molar-refractivity contribution >= 4 is 5.91 Å². The Morgan fingerprint density at radius 1 is 1.47 bits per heavy atom.